The van der Waals surface area contributed by atoms with Crippen LogP contribution in [0.4, 0.5) is 0 Å². The van der Waals surface area contributed by atoms with E-state index in [1.807, 2.05) is 0 Å². The number of nitrogens with zero attached hydrogens (tertiary/aromatic N) is 5. The standard InChI is InChI=1S/C45H48N3P3.C6H16P2.Cr.N2/c1-7-19-40(20-8-1)31-46-34-49(43-25-13-4-14-26-43)36-47(32-41-21-9-2-10-22-41)38-51(45-29-17-6-18-30-45)39-48(33-42-23-11-3-12-24-42)37-50(35-46)44-27-15-5-16-28-44;1-7(2)5-6-8(3)4;;1-2/h1-30H,31-39H2;5-6H2,1-4H3;;/p+5. The van der Waals surface area contributed by atoms with Gasteiger partial charge in [-0.25, -0.2) is 14.7 Å². The second kappa shape index (κ2) is 29.7. The minimum atomic E-state index is -0.985. The van der Waals surface area contributed by atoms with Gasteiger partial charge >= 0.3 is 0 Å². The molecule has 7 rings (SSSR count). The molecule has 0 radical (unpaired) electrons. The minimum absolute atomic E-state index is 0. The summed E-state index contributed by atoms with van der Waals surface area (Å²) in [6.45, 7) is 12.5. The molecule has 0 amide bonds. The summed E-state index contributed by atoms with van der Waals surface area (Å²) in [6.07, 6.45) is 9.83. The molecule has 62 heavy (non-hydrogen) atoms. The van der Waals surface area contributed by atoms with Crippen LogP contribution in [0.5, 0.6) is 0 Å². The van der Waals surface area contributed by atoms with E-state index in [1.165, 1.54) is 29.0 Å². The van der Waals surface area contributed by atoms with Crippen LogP contribution in [0.15, 0.2) is 182 Å². The Kier molecular flexibility index (Phi) is 24.9. The van der Waals surface area contributed by atoms with Crippen LogP contribution in [0.3, 0.4) is 0 Å². The Morgan fingerprint density at radius 3 is 0.742 bits per heavy atom. The molecule has 324 valence electrons. The van der Waals surface area contributed by atoms with Gasteiger partial charge in [0.2, 0.25) is 0 Å². The zero-order valence-corrected chi connectivity index (χ0v) is 43.5. The van der Waals surface area contributed by atoms with E-state index in [4.69, 9.17) is 10.8 Å². The molecular formula is C51H69CrN5P5+5. The van der Waals surface area contributed by atoms with Crippen molar-refractivity contribution in [1.29, 1.82) is 10.8 Å². The van der Waals surface area contributed by atoms with E-state index in [1.54, 1.807) is 15.9 Å². The Hall–Kier alpha value is -2.70. The third kappa shape index (κ3) is 18.8. The van der Waals surface area contributed by atoms with Gasteiger partial charge in [-0.1, -0.05) is 146 Å². The molecule has 1 heterocycles. The summed E-state index contributed by atoms with van der Waals surface area (Å²) < 4.78 is 0. The van der Waals surface area contributed by atoms with Gasteiger partial charge in [-0.15, -0.1) is 0 Å². The summed E-state index contributed by atoms with van der Waals surface area (Å²) in [5.74, 6) is 0. The van der Waals surface area contributed by atoms with Crippen molar-refractivity contribution >= 4 is 55.5 Å². The molecular weight excluding hydrogens is 889 g/mol. The molecule has 0 atom stereocenters. The average molecular weight is 959 g/mol. The summed E-state index contributed by atoms with van der Waals surface area (Å²) in [5, 5.41) is 16.6. The fourth-order valence-corrected chi connectivity index (χ4v) is 20.5. The molecule has 0 aromatic heterocycles. The Labute approximate surface area is 391 Å². The first-order valence-corrected chi connectivity index (χ1v) is 32.8. The maximum Gasteiger partial charge on any atom is 0.118 e. The van der Waals surface area contributed by atoms with Crippen LogP contribution in [0, 0.1) is 10.8 Å². The molecule has 6 aromatic carbocycles. The van der Waals surface area contributed by atoms with Crippen molar-refractivity contribution in [2.75, 3.05) is 76.7 Å². The van der Waals surface area contributed by atoms with E-state index in [0.29, 0.717) is 0 Å². The quantitative estimate of drug-likeness (QED) is 0.0904. The maximum absolute atomic E-state index is 6.00. The van der Waals surface area contributed by atoms with Crippen molar-refractivity contribution in [2.45, 2.75) is 19.6 Å². The smallest absolute Gasteiger partial charge is 0.118 e. The predicted molar refractivity (Wildman–Crippen MR) is 282 cm³/mol. The molecule has 1 saturated heterocycles. The zero-order valence-electron chi connectivity index (χ0n) is 37.2. The largest absolute Gasteiger partial charge is 0.234 e. The zero-order chi connectivity index (χ0) is 43.1. The summed E-state index contributed by atoms with van der Waals surface area (Å²) >= 11 is 0. The SMILES string of the molecule is C[PH+](C)CC[PH+](C)C.N#N.[Cr].c1ccc(CN2C[PH+](c3ccccc3)CN(Cc3ccccc3)C[PH+](c3ccccc3)CN(Cc3ccccc3)C[PH+](c3ccccc3)C2)cc1. The van der Waals surface area contributed by atoms with Gasteiger partial charge < -0.3 is 0 Å². The average Bonchev–Trinajstić information content (AvgIpc) is 3.30. The molecule has 6 aromatic rings. The summed E-state index contributed by atoms with van der Waals surface area (Å²) in [5.41, 5.74) is 4.22. The molecule has 0 unspecified atom stereocenters. The Balaban J connectivity index is 0.000000693. The van der Waals surface area contributed by atoms with Gasteiger partial charge in [0, 0.05) is 74.4 Å². The molecule has 0 spiro atoms. The van der Waals surface area contributed by atoms with Gasteiger partial charge in [-0.3, -0.25) is 0 Å². The van der Waals surface area contributed by atoms with Gasteiger partial charge in [0.25, 0.3) is 0 Å². The van der Waals surface area contributed by atoms with Crippen molar-refractivity contribution in [3.05, 3.63) is 199 Å². The van der Waals surface area contributed by atoms with E-state index in [2.05, 4.69) is 223 Å². The monoisotopic (exact) mass is 958 g/mol. The van der Waals surface area contributed by atoms with Crippen LogP contribution < -0.4 is 15.9 Å². The minimum Gasteiger partial charge on any atom is -0.234 e. The summed E-state index contributed by atoms with van der Waals surface area (Å²) in [6, 6.07) is 68.1. The normalized spacial score (nSPS) is 17.8. The Morgan fingerprint density at radius 2 is 0.548 bits per heavy atom. The van der Waals surface area contributed by atoms with Crippen LogP contribution in [0.2, 0.25) is 0 Å². The molecule has 11 heteroatoms. The molecule has 1 fully saturated rings. The van der Waals surface area contributed by atoms with Crippen LogP contribution in [-0.4, -0.2) is 91.4 Å². The summed E-state index contributed by atoms with van der Waals surface area (Å²) in [7, 11) is -2.76. The van der Waals surface area contributed by atoms with Gasteiger partial charge in [-0.05, 0) is 68.9 Å². The predicted octanol–water partition coefficient (Wildman–Crippen LogP) is 10.8. The van der Waals surface area contributed by atoms with Crippen molar-refractivity contribution < 1.29 is 17.4 Å². The Bertz CT molecular complexity index is 1810. The molecule has 0 aliphatic carbocycles. The maximum atomic E-state index is 6.00. The Morgan fingerprint density at radius 1 is 0.355 bits per heavy atom. The second-order valence-corrected chi connectivity index (χ2v) is 29.8. The van der Waals surface area contributed by atoms with Gasteiger partial charge in [-0.2, -0.15) is 0 Å². The van der Waals surface area contributed by atoms with Crippen molar-refractivity contribution in [1.82, 2.24) is 14.7 Å². The van der Waals surface area contributed by atoms with Crippen molar-refractivity contribution in [3.63, 3.8) is 0 Å². The van der Waals surface area contributed by atoms with Gasteiger partial charge in [0.05, 0.1) is 52.0 Å². The third-order valence-electron chi connectivity index (χ3n) is 10.9. The number of rotatable bonds is 12. The topological polar surface area (TPSA) is 57.3 Å². The first kappa shape index (κ1) is 51.9. The van der Waals surface area contributed by atoms with Crippen LogP contribution in [0.25, 0.3) is 0 Å². The van der Waals surface area contributed by atoms with Crippen LogP contribution in [-0.2, 0) is 37.0 Å². The molecule has 0 N–H and O–H groups in total. The van der Waals surface area contributed by atoms with Crippen molar-refractivity contribution in [2.24, 2.45) is 0 Å². The molecule has 1 aliphatic rings. The first-order chi connectivity index (χ1) is 29.9. The van der Waals surface area contributed by atoms with E-state index in [-0.39, 0.29) is 33.2 Å². The fourth-order valence-electron chi connectivity index (χ4n) is 7.87. The molecule has 1 aliphatic heterocycles. The van der Waals surface area contributed by atoms with Gasteiger partial charge in [0.15, 0.2) is 0 Å². The fraction of sp³-hybridized carbons (Fsp3) is 0.294. The molecule has 5 nitrogen and oxygen atoms in total. The van der Waals surface area contributed by atoms with E-state index >= 15 is 0 Å². The third-order valence-corrected chi connectivity index (χ3v) is 22.3. The van der Waals surface area contributed by atoms with Crippen LogP contribution in [0.1, 0.15) is 16.7 Å². The number of benzene rings is 6. The molecule has 0 bridgehead atoms. The number of hydrogen-bond acceptors (Lipinski definition) is 5. The van der Waals surface area contributed by atoms with E-state index in [9.17, 15) is 0 Å². The molecule has 0 saturated carbocycles. The van der Waals surface area contributed by atoms with E-state index < -0.39 is 23.8 Å². The summed E-state index contributed by atoms with van der Waals surface area (Å²) in [4.78, 5) is 8.55. The number of hydrogen-bond donors (Lipinski definition) is 0. The van der Waals surface area contributed by atoms with Crippen molar-refractivity contribution in [3.8, 4) is 0 Å². The first-order valence-electron chi connectivity index (χ1n) is 21.6. The second-order valence-electron chi connectivity index (χ2n) is 16.7. The van der Waals surface area contributed by atoms with E-state index in [0.717, 1.165) is 57.3 Å². The van der Waals surface area contributed by atoms with Gasteiger partial charge in [0.1, 0.15) is 37.7 Å². The van der Waals surface area contributed by atoms with Crippen LogP contribution >= 0.6 is 39.6 Å².